The summed E-state index contributed by atoms with van der Waals surface area (Å²) in [5.74, 6) is 0.120. The van der Waals surface area contributed by atoms with Crippen molar-refractivity contribution in [2.24, 2.45) is 0 Å². The quantitative estimate of drug-likeness (QED) is 0.834. The molecule has 1 aliphatic rings. The van der Waals surface area contributed by atoms with Gasteiger partial charge in [-0.2, -0.15) is 0 Å². The van der Waals surface area contributed by atoms with E-state index in [2.05, 4.69) is 29.7 Å². The Kier molecular flexibility index (Phi) is 5.80. The molecule has 0 saturated heterocycles. The Bertz CT molecular complexity index is 447. The number of aryl methyl sites for hydroxylation is 1. The Morgan fingerprint density at radius 2 is 1.81 bits per heavy atom. The summed E-state index contributed by atoms with van der Waals surface area (Å²) in [6, 6.07) is 8.23. The van der Waals surface area contributed by atoms with Crippen molar-refractivity contribution in [3.8, 4) is 0 Å². The highest BCUT2D eigenvalue weighted by Gasteiger charge is 2.32. The summed E-state index contributed by atoms with van der Waals surface area (Å²) in [4.78, 5) is 12.3. The van der Waals surface area contributed by atoms with Gasteiger partial charge < -0.3 is 10.6 Å². The van der Waals surface area contributed by atoms with Crippen molar-refractivity contribution in [1.29, 1.82) is 0 Å². The van der Waals surface area contributed by atoms with Gasteiger partial charge in [-0.15, -0.1) is 0 Å². The molecule has 0 aliphatic heterocycles. The van der Waals surface area contributed by atoms with E-state index in [1.807, 2.05) is 19.2 Å². The maximum absolute atomic E-state index is 12.3. The first-order valence-electron chi connectivity index (χ1n) is 8.25. The first-order chi connectivity index (χ1) is 10.2. The zero-order valence-corrected chi connectivity index (χ0v) is 13.4. The molecule has 1 fully saturated rings. The van der Waals surface area contributed by atoms with Crippen LogP contribution >= 0.6 is 0 Å². The number of carbonyl (C=O) groups excluding carboxylic acids is 1. The van der Waals surface area contributed by atoms with Crippen LogP contribution in [0.1, 0.15) is 57.4 Å². The summed E-state index contributed by atoms with van der Waals surface area (Å²) in [6.07, 6.45) is 8.76. The van der Waals surface area contributed by atoms with Crippen LogP contribution in [0.5, 0.6) is 0 Å². The van der Waals surface area contributed by atoms with E-state index in [0.717, 1.165) is 31.4 Å². The van der Waals surface area contributed by atoms with E-state index in [0.29, 0.717) is 6.42 Å². The van der Waals surface area contributed by atoms with Crippen LogP contribution in [-0.4, -0.2) is 18.5 Å². The van der Waals surface area contributed by atoms with Crippen molar-refractivity contribution in [3.63, 3.8) is 0 Å². The number of hydrogen-bond donors (Lipinski definition) is 2. The lowest BCUT2D eigenvalue weighted by atomic mass is 9.79. The zero-order chi connectivity index (χ0) is 15.1. The van der Waals surface area contributed by atoms with E-state index < -0.39 is 0 Å². The second kappa shape index (κ2) is 7.60. The molecule has 2 rings (SSSR count). The first-order valence-corrected chi connectivity index (χ1v) is 8.25. The van der Waals surface area contributed by atoms with Crippen LogP contribution in [-0.2, 0) is 11.2 Å². The Morgan fingerprint density at radius 3 is 2.38 bits per heavy atom. The molecule has 1 saturated carbocycles. The average molecular weight is 288 g/mol. The summed E-state index contributed by atoms with van der Waals surface area (Å²) in [5, 5.41) is 6.44. The second-order valence-corrected chi connectivity index (χ2v) is 6.26. The Morgan fingerprint density at radius 1 is 1.14 bits per heavy atom. The normalized spacial score (nSPS) is 17.4. The van der Waals surface area contributed by atoms with Crippen LogP contribution in [0.3, 0.4) is 0 Å². The van der Waals surface area contributed by atoms with E-state index >= 15 is 0 Å². The number of anilines is 1. The third-order valence-corrected chi connectivity index (χ3v) is 4.62. The molecule has 0 atom stereocenters. The molecule has 1 aromatic rings. The van der Waals surface area contributed by atoms with Crippen molar-refractivity contribution in [2.75, 3.05) is 12.4 Å². The number of amides is 1. The first kappa shape index (κ1) is 16.0. The van der Waals surface area contributed by atoms with Crippen molar-refractivity contribution >= 4 is 11.6 Å². The van der Waals surface area contributed by atoms with Crippen LogP contribution in [0.15, 0.2) is 24.3 Å². The number of carbonyl (C=O) groups is 1. The van der Waals surface area contributed by atoms with Gasteiger partial charge >= 0.3 is 0 Å². The topological polar surface area (TPSA) is 41.1 Å². The molecule has 21 heavy (non-hydrogen) atoms. The lowest BCUT2D eigenvalue weighted by Gasteiger charge is -2.36. The Labute approximate surface area is 128 Å². The Hall–Kier alpha value is -1.35. The van der Waals surface area contributed by atoms with Crippen LogP contribution in [0.25, 0.3) is 0 Å². The molecule has 3 heteroatoms. The predicted octanol–water partition coefficient (Wildman–Crippen LogP) is 3.89. The SMILES string of the molecule is CCCc1ccc(NC(=O)CC2(NC)CCCCC2)cc1. The van der Waals surface area contributed by atoms with E-state index in [4.69, 9.17) is 0 Å². The van der Waals surface area contributed by atoms with Gasteiger partial charge in [-0.05, 0) is 44.0 Å². The van der Waals surface area contributed by atoms with Gasteiger partial charge in [0.15, 0.2) is 0 Å². The highest BCUT2D eigenvalue weighted by Crippen LogP contribution is 2.31. The van der Waals surface area contributed by atoms with E-state index in [9.17, 15) is 4.79 Å². The zero-order valence-electron chi connectivity index (χ0n) is 13.4. The minimum absolute atomic E-state index is 0.00445. The summed E-state index contributed by atoms with van der Waals surface area (Å²) < 4.78 is 0. The van der Waals surface area contributed by atoms with E-state index in [1.165, 1.54) is 24.8 Å². The molecule has 0 unspecified atom stereocenters. The molecule has 116 valence electrons. The third-order valence-electron chi connectivity index (χ3n) is 4.62. The van der Waals surface area contributed by atoms with Crippen molar-refractivity contribution < 1.29 is 4.79 Å². The van der Waals surface area contributed by atoms with Gasteiger partial charge in [-0.3, -0.25) is 4.79 Å². The van der Waals surface area contributed by atoms with Gasteiger partial charge in [0.05, 0.1) is 0 Å². The summed E-state index contributed by atoms with van der Waals surface area (Å²) >= 11 is 0. The van der Waals surface area contributed by atoms with Crippen molar-refractivity contribution in [2.45, 2.75) is 63.8 Å². The molecule has 0 bridgehead atoms. The number of hydrogen-bond acceptors (Lipinski definition) is 2. The standard InChI is InChI=1S/C18H28N2O/c1-3-7-15-8-10-16(11-9-15)20-17(21)14-18(19-2)12-5-4-6-13-18/h8-11,19H,3-7,12-14H2,1-2H3,(H,20,21). The molecular formula is C18H28N2O. The molecule has 0 spiro atoms. The minimum Gasteiger partial charge on any atom is -0.326 e. The molecule has 0 heterocycles. The van der Waals surface area contributed by atoms with Gasteiger partial charge in [0.2, 0.25) is 5.91 Å². The van der Waals surface area contributed by atoms with E-state index in [1.54, 1.807) is 0 Å². The van der Waals surface area contributed by atoms with Gasteiger partial charge in [0, 0.05) is 17.6 Å². The molecule has 0 radical (unpaired) electrons. The van der Waals surface area contributed by atoms with Crippen LogP contribution < -0.4 is 10.6 Å². The van der Waals surface area contributed by atoms with E-state index in [-0.39, 0.29) is 11.4 Å². The van der Waals surface area contributed by atoms with Gasteiger partial charge in [0.1, 0.15) is 0 Å². The fourth-order valence-electron chi connectivity index (χ4n) is 3.30. The van der Waals surface area contributed by atoms with Gasteiger partial charge in [-0.1, -0.05) is 44.7 Å². The number of nitrogens with one attached hydrogen (secondary N) is 2. The Balaban J connectivity index is 1.91. The molecule has 2 N–H and O–H groups in total. The molecule has 1 amide bonds. The lowest BCUT2D eigenvalue weighted by molar-refractivity contribution is -0.117. The van der Waals surface area contributed by atoms with Gasteiger partial charge in [-0.25, -0.2) is 0 Å². The molecular weight excluding hydrogens is 260 g/mol. The molecule has 1 aromatic carbocycles. The molecule has 1 aliphatic carbocycles. The fourth-order valence-corrected chi connectivity index (χ4v) is 3.30. The van der Waals surface area contributed by atoms with Crippen LogP contribution in [0.2, 0.25) is 0 Å². The maximum Gasteiger partial charge on any atom is 0.226 e. The summed E-state index contributed by atoms with van der Waals surface area (Å²) in [5.41, 5.74) is 2.24. The fraction of sp³-hybridized carbons (Fsp3) is 0.611. The van der Waals surface area contributed by atoms with Crippen LogP contribution in [0, 0.1) is 0 Å². The lowest BCUT2D eigenvalue weighted by Crippen LogP contribution is -2.47. The van der Waals surface area contributed by atoms with Crippen LogP contribution in [0.4, 0.5) is 5.69 Å². The van der Waals surface area contributed by atoms with Crippen molar-refractivity contribution in [3.05, 3.63) is 29.8 Å². The second-order valence-electron chi connectivity index (χ2n) is 6.26. The highest BCUT2D eigenvalue weighted by atomic mass is 16.1. The largest absolute Gasteiger partial charge is 0.326 e. The third kappa shape index (κ3) is 4.57. The molecule has 0 aromatic heterocycles. The average Bonchev–Trinajstić information content (AvgIpc) is 2.50. The minimum atomic E-state index is 0.00445. The van der Waals surface area contributed by atoms with Crippen molar-refractivity contribution in [1.82, 2.24) is 5.32 Å². The number of rotatable bonds is 6. The molecule has 3 nitrogen and oxygen atoms in total. The van der Waals surface area contributed by atoms with Gasteiger partial charge in [0.25, 0.3) is 0 Å². The maximum atomic E-state index is 12.3. The predicted molar refractivity (Wildman–Crippen MR) is 88.6 cm³/mol. The summed E-state index contributed by atoms with van der Waals surface area (Å²) in [6.45, 7) is 2.18. The summed E-state index contributed by atoms with van der Waals surface area (Å²) in [7, 11) is 1.98. The smallest absolute Gasteiger partial charge is 0.226 e. The highest BCUT2D eigenvalue weighted by molar-refractivity contribution is 5.91. The monoisotopic (exact) mass is 288 g/mol. The number of benzene rings is 1.